The summed E-state index contributed by atoms with van der Waals surface area (Å²) in [6.07, 6.45) is 0. The van der Waals surface area contributed by atoms with Crippen LogP contribution in [-0.4, -0.2) is 19.3 Å². The third kappa shape index (κ3) is 2.50. The lowest BCUT2D eigenvalue weighted by molar-refractivity contribution is 0.0860. The lowest BCUT2D eigenvalue weighted by Crippen LogP contribution is -2.11. The Morgan fingerprint density at radius 3 is 2.73 bits per heavy atom. The predicted molar refractivity (Wildman–Crippen MR) is 53.5 cm³/mol. The normalized spacial score (nSPS) is 10.4. The molecule has 0 aliphatic heterocycles. The fourth-order valence-electron chi connectivity index (χ4n) is 1.11. The first kappa shape index (κ1) is 12.0. The van der Waals surface area contributed by atoms with Crippen molar-refractivity contribution in [2.75, 3.05) is 14.2 Å². The monoisotopic (exact) mass is 235 g/mol. The number of hydroxylamine groups is 1. The zero-order valence-electron chi connectivity index (χ0n) is 8.30. The van der Waals surface area contributed by atoms with Gasteiger partial charge in [-0.2, -0.15) is 9.87 Å². The van der Waals surface area contributed by atoms with Crippen molar-refractivity contribution in [2.24, 2.45) is 0 Å². The highest BCUT2D eigenvalue weighted by Crippen LogP contribution is 2.36. The SMILES string of the molecule is CONCc1cc(Cl)c(OC)c(F)c1O. The molecule has 1 aromatic carbocycles. The highest BCUT2D eigenvalue weighted by atomic mass is 35.5. The fraction of sp³-hybridized carbons (Fsp3) is 0.333. The van der Waals surface area contributed by atoms with Gasteiger partial charge in [-0.25, -0.2) is 0 Å². The molecule has 4 nitrogen and oxygen atoms in total. The van der Waals surface area contributed by atoms with Gasteiger partial charge in [-0.3, -0.25) is 0 Å². The smallest absolute Gasteiger partial charge is 0.208 e. The molecule has 1 aromatic rings. The Morgan fingerprint density at radius 2 is 2.20 bits per heavy atom. The maximum atomic E-state index is 13.4. The number of phenols is 1. The highest BCUT2D eigenvalue weighted by molar-refractivity contribution is 6.32. The molecule has 0 aliphatic carbocycles. The maximum absolute atomic E-state index is 13.4. The summed E-state index contributed by atoms with van der Waals surface area (Å²) in [5, 5.41) is 9.55. The van der Waals surface area contributed by atoms with E-state index in [0.29, 0.717) is 5.56 Å². The van der Waals surface area contributed by atoms with Gasteiger partial charge in [0.1, 0.15) is 0 Å². The predicted octanol–water partition coefficient (Wildman–Crippen LogP) is 1.84. The summed E-state index contributed by atoms with van der Waals surface area (Å²) in [5.74, 6) is -1.55. The minimum atomic E-state index is -0.877. The van der Waals surface area contributed by atoms with Gasteiger partial charge in [0, 0.05) is 12.1 Å². The largest absolute Gasteiger partial charge is 0.504 e. The number of hydrogen-bond acceptors (Lipinski definition) is 4. The number of methoxy groups -OCH3 is 1. The van der Waals surface area contributed by atoms with Crippen LogP contribution in [0.4, 0.5) is 4.39 Å². The van der Waals surface area contributed by atoms with Crippen molar-refractivity contribution in [3.05, 3.63) is 22.5 Å². The molecule has 84 valence electrons. The van der Waals surface area contributed by atoms with Gasteiger partial charge < -0.3 is 14.7 Å². The second-order valence-corrected chi connectivity index (χ2v) is 3.15. The average molecular weight is 236 g/mol. The van der Waals surface area contributed by atoms with Gasteiger partial charge in [0.2, 0.25) is 5.82 Å². The number of rotatable bonds is 4. The molecular weight excluding hydrogens is 225 g/mol. The Bertz CT molecular complexity index is 360. The van der Waals surface area contributed by atoms with Crippen LogP contribution in [0.25, 0.3) is 0 Å². The number of ether oxygens (including phenoxy) is 1. The summed E-state index contributed by atoms with van der Waals surface area (Å²) in [7, 11) is 2.69. The molecule has 0 heterocycles. The lowest BCUT2D eigenvalue weighted by Gasteiger charge is -2.10. The zero-order chi connectivity index (χ0) is 11.4. The standard InChI is InChI=1S/C9H11ClFNO3/c1-14-9-6(10)3-5(4-12-15-2)8(13)7(9)11/h3,12-13H,4H2,1-2H3. The molecular formula is C9H11ClFNO3. The van der Waals surface area contributed by atoms with Crippen LogP contribution < -0.4 is 10.2 Å². The molecule has 0 atom stereocenters. The summed E-state index contributed by atoms with van der Waals surface area (Å²) in [6.45, 7) is 0.142. The second kappa shape index (κ2) is 5.16. The van der Waals surface area contributed by atoms with E-state index in [1.54, 1.807) is 0 Å². The topological polar surface area (TPSA) is 50.7 Å². The number of hydrogen-bond donors (Lipinski definition) is 2. The molecule has 0 radical (unpaired) electrons. The summed E-state index contributed by atoms with van der Waals surface area (Å²) in [4.78, 5) is 4.58. The Morgan fingerprint density at radius 1 is 1.53 bits per heavy atom. The summed E-state index contributed by atoms with van der Waals surface area (Å²) >= 11 is 5.74. The van der Waals surface area contributed by atoms with Gasteiger partial charge in [0.25, 0.3) is 0 Å². The maximum Gasteiger partial charge on any atom is 0.208 e. The zero-order valence-corrected chi connectivity index (χ0v) is 9.06. The highest BCUT2D eigenvalue weighted by Gasteiger charge is 2.17. The third-order valence-corrected chi connectivity index (χ3v) is 2.12. The molecule has 0 amide bonds. The minimum absolute atomic E-state index is 0.0979. The minimum Gasteiger partial charge on any atom is -0.504 e. The van der Waals surface area contributed by atoms with Crippen molar-refractivity contribution in [1.29, 1.82) is 0 Å². The van der Waals surface area contributed by atoms with E-state index < -0.39 is 11.6 Å². The molecule has 15 heavy (non-hydrogen) atoms. The van der Waals surface area contributed by atoms with Crippen molar-refractivity contribution in [3.63, 3.8) is 0 Å². The van der Waals surface area contributed by atoms with E-state index in [9.17, 15) is 9.50 Å². The average Bonchev–Trinajstić information content (AvgIpc) is 2.22. The fourth-order valence-corrected chi connectivity index (χ4v) is 1.40. The quantitative estimate of drug-likeness (QED) is 0.782. The molecule has 6 heteroatoms. The van der Waals surface area contributed by atoms with Crippen molar-refractivity contribution in [3.8, 4) is 11.5 Å². The van der Waals surface area contributed by atoms with E-state index in [4.69, 9.17) is 16.3 Å². The molecule has 0 aromatic heterocycles. The number of benzene rings is 1. The van der Waals surface area contributed by atoms with Crippen molar-refractivity contribution >= 4 is 11.6 Å². The molecule has 0 aliphatic rings. The molecule has 2 N–H and O–H groups in total. The van der Waals surface area contributed by atoms with Crippen LogP contribution in [0.1, 0.15) is 5.56 Å². The molecule has 0 bridgehead atoms. The molecule has 0 spiro atoms. The Labute approximate surface area is 91.5 Å². The third-order valence-electron chi connectivity index (χ3n) is 1.84. The van der Waals surface area contributed by atoms with Gasteiger partial charge in [0.05, 0.1) is 19.2 Å². The van der Waals surface area contributed by atoms with Crippen LogP contribution in [0.5, 0.6) is 11.5 Å². The van der Waals surface area contributed by atoms with Crippen molar-refractivity contribution in [2.45, 2.75) is 6.54 Å². The molecule has 1 rings (SSSR count). The molecule has 0 saturated carbocycles. The van der Waals surface area contributed by atoms with E-state index in [2.05, 4.69) is 10.3 Å². The Kier molecular flexibility index (Phi) is 4.14. The van der Waals surface area contributed by atoms with Crippen LogP contribution in [0, 0.1) is 5.82 Å². The number of aromatic hydroxyl groups is 1. The summed E-state index contributed by atoms with van der Waals surface area (Å²) in [6, 6.07) is 1.41. The van der Waals surface area contributed by atoms with Gasteiger partial charge in [0.15, 0.2) is 11.5 Å². The van der Waals surface area contributed by atoms with E-state index in [1.165, 1.54) is 20.3 Å². The number of nitrogens with one attached hydrogen (secondary N) is 1. The molecule has 0 saturated heterocycles. The van der Waals surface area contributed by atoms with Crippen LogP contribution in [-0.2, 0) is 11.4 Å². The van der Waals surface area contributed by atoms with Crippen LogP contribution in [0.15, 0.2) is 6.07 Å². The van der Waals surface area contributed by atoms with Crippen LogP contribution in [0.3, 0.4) is 0 Å². The van der Waals surface area contributed by atoms with Crippen molar-refractivity contribution in [1.82, 2.24) is 5.48 Å². The van der Waals surface area contributed by atoms with Gasteiger partial charge >= 0.3 is 0 Å². The van der Waals surface area contributed by atoms with Crippen LogP contribution >= 0.6 is 11.6 Å². The first-order chi connectivity index (χ1) is 7.11. The first-order valence-electron chi connectivity index (χ1n) is 4.11. The Hall–Kier alpha value is -1.04. The van der Waals surface area contributed by atoms with Gasteiger partial charge in [-0.05, 0) is 6.07 Å². The molecule has 0 unspecified atom stereocenters. The second-order valence-electron chi connectivity index (χ2n) is 2.74. The van der Waals surface area contributed by atoms with E-state index in [1.807, 2.05) is 0 Å². The van der Waals surface area contributed by atoms with E-state index >= 15 is 0 Å². The molecule has 0 fully saturated rings. The summed E-state index contributed by atoms with van der Waals surface area (Å²) in [5.41, 5.74) is 2.76. The first-order valence-corrected chi connectivity index (χ1v) is 4.49. The van der Waals surface area contributed by atoms with Gasteiger partial charge in [-0.15, -0.1) is 0 Å². The number of phenolic OH excluding ortho intramolecular Hbond substituents is 1. The Balaban J connectivity index is 3.10. The lowest BCUT2D eigenvalue weighted by atomic mass is 10.2. The van der Waals surface area contributed by atoms with E-state index in [-0.39, 0.29) is 17.3 Å². The van der Waals surface area contributed by atoms with Crippen molar-refractivity contribution < 1.29 is 19.1 Å². The van der Waals surface area contributed by atoms with Gasteiger partial charge in [-0.1, -0.05) is 11.6 Å². The number of halogens is 2. The summed E-state index contributed by atoms with van der Waals surface area (Å²) < 4.78 is 18.1. The van der Waals surface area contributed by atoms with Crippen LogP contribution in [0.2, 0.25) is 5.02 Å². The van der Waals surface area contributed by atoms with E-state index in [0.717, 1.165) is 0 Å².